The third kappa shape index (κ3) is 4.82. The molecule has 0 aliphatic heterocycles. The molecule has 0 aliphatic carbocycles. The van der Waals surface area contributed by atoms with Gasteiger partial charge in [-0.2, -0.15) is 5.26 Å². The topological polar surface area (TPSA) is 52.9 Å². The second kappa shape index (κ2) is 2.49. The molecule has 0 aromatic rings. The number of carbonyl (C=O) groups excluding carboxylic acids is 1. The quantitative estimate of drug-likeness (QED) is 0.478. The van der Waals surface area contributed by atoms with Crippen molar-refractivity contribution >= 4 is 5.91 Å². The summed E-state index contributed by atoms with van der Waals surface area (Å²) in [7, 11) is 0. The molecular weight excluding hydrogens is 116 g/mol. The van der Waals surface area contributed by atoms with Crippen molar-refractivity contribution < 1.29 is 4.79 Å². The van der Waals surface area contributed by atoms with Gasteiger partial charge in [0.25, 0.3) is 0 Å². The smallest absolute Gasteiger partial charge is 0.322 e. The Hall–Kier alpha value is -1.04. The number of nitrogens with zero attached hydrogens (tertiary/aromatic N) is 1. The van der Waals surface area contributed by atoms with Gasteiger partial charge in [-0.15, -0.1) is 0 Å². The van der Waals surface area contributed by atoms with Crippen LogP contribution in [0, 0.1) is 11.3 Å². The summed E-state index contributed by atoms with van der Waals surface area (Å²) in [5, 5.41) is 10.5. The van der Waals surface area contributed by atoms with Crippen LogP contribution in [0.4, 0.5) is 0 Å². The Labute approximate surface area is 54.7 Å². The number of nitriles is 1. The molecule has 0 radical (unpaired) electrons. The third-order valence-corrected chi connectivity index (χ3v) is 0.590. The van der Waals surface area contributed by atoms with Gasteiger partial charge in [-0.3, -0.25) is 4.79 Å². The maximum absolute atomic E-state index is 10.4. The van der Waals surface area contributed by atoms with E-state index in [1.54, 1.807) is 0 Å². The molecule has 0 unspecified atom stereocenters. The predicted molar refractivity (Wildman–Crippen MR) is 33.5 cm³/mol. The van der Waals surface area contributed by atoms with Crippen molar-refractivity contribution in [2.75, 3.05) is 0 Å². The summed E-state index contributed by atoms with van der Waals surface area (Å²) < 4.78 is 0. The predicted octanol–water partition coefficient (Wildman–Crippen LogP) is 0.425. The van der Waals surface area contributed by atoms with Crippen LogP contribution >= 0.6 is 0 Å². The van der Waals surface area contributed by atoms with Crippen molar-refractivity contribution in [3.05, 3.63) is 0 Å². The molecule has 1 N–H and O–H groups in total. The first-order chi connectivity index (χ1) is 3.95. The molecule has 3 heteroatoms. The van der Waals surface area contributed by atoms with E-state index in [0.717, 1.165) is 0 Å². The molecular formula is C6H10N2O. The summed E-state index contributed by atoms with van der Waals surface area (Å²) in [6.45, 7) is 5.46. The largest absolute Gasteiger partial charge is 0.339 e. The zero-order valence-electron chi connectivity index (χ0n) is 5.86. The van der Waals surface area contributed by atoms with Crippen LogP contribution in [0.2, 0.25) is 0 Å². The van der Waals surface area contributed by atoms with Crippen LogP contribution in [0.1, 0.15) is 20.8 Å². The van der Waals surface area contributed by atoms with Crippen molar-refractivity contribution in [3.8, 4) is 6.07 Å². The van der Waals surface area contributed by atoms with Crippen molar-refractivity contribution in [1.82, 2.24) is 5.32 Å². The van der Waals surface area contributed by atoms with Crippen molar-refractivity contribution in [1.29, 1.82) is 5.26 Å². The lowest BCUT2D eigenvalue weighted by Crippen LogP contribution is -2.39. The van der Waals surface area contributed by atoms with Gasteiger partial charge < -0.3 is 5.32 Å². The molecule has 0 aliphatic rings. The van der Waals surface area contributed by atoms with Crippen LogP contribution in [0.15, 0.2) is 0 Å². The summed E-state index contributed by atoms with van der Waals surface area (Å²) in [4.78, 5) is 10.4. The average molecular weight is 126 g/mol. The molecule has 0 spiro atoms. The highest BCUT2D eigenvalue weighted by Crippen LogP contribution is 1.96. The maximum Gasteiger partial charge on any atom is 0.322 e. The van der Waals surface area contributed by atoms with Crippen molar-refractivity contribution in [2.45, 2.75) is 26.3 Å². The zero-order valence-corrected chi connectivity index (χ0v) is 5.86. The standard InChI is InChI=1S/C6H10N2O/c1-6(2,3)8-5(9)4-7/h1-3H3,(H,8,9). The number of carbonyl (C=O) groups is 1. The van der Waals surface area contributed by atoms with Gasteiger partial charge in [0, 0.05) is 5.54 Å². The van der Waals surface area contributed by atoms with Crippen LogP contribution in [0.3, 0.4) is 0 Å². The third-order valence-electron chi connectivity index (χ3n) is 0.590. The fraction of sp³-hybridized carbons (Fsp3) is 0.667. The van der Waals surface area contributed by atoms with Gasteiger partial charge in [-0.05, 0) is 20.8 Å². The summed E-state index contributed by atoms with van der Waals surface area (Å²) in [5.41, 5.74) is -0.299. The number of hydrogen-bond donors (Lipinski definition) is 1. The van der Waals surface area contributed by atoms with E-state index in [4.69, 9.17) is 5.26 Å². The van der Waals surface area contributed by atoms with Crippen LogP contribution < -0.4 is 5.32 Å². The second-order valence-corrected chi connectivity index (χ2v) is 2.82. The van der Waals surface area contributed by atoms with Gasteiger partial charge in [0.1, 0.15) is 0 Å². The minimum Gasteiger partial charge on any atom is -0.339 e. The van der Waals surface area contributed by atoms with Gasteiger partial charge >= 0.3 is 5.91 Å². The normalized spacial score (nSPS) is 10.0. The van der Waals surface area contributed by atoms with E-state index in [9.17, 15) is 4.79 Å². The van der Waals surface area contributed by atoms with Gasteiger partial charge in [0.15, 0.2) is 6.07 Å². The van der Waals surface area contributed by atoms with Crippen LogP contribution in [0.5, 0.6) is 0 Å². The molecule has 0 aromatic heterocycles. The van der Waals surface area contributed by atoms with E-state index in [0.29, 0.717) is 0 Å². The molecule has 0 rings (SSSR count). The lowest BCUT2D eigenvalue weighted by Gasteiger charge is -2.17. The number of hydrogen-bond acceptors (Lipinski definition) is 2. The Morgan fingerprint density at radius 1 is 1.56 bits per heavy atom. The number of rotatable bonds is 0. The van der Waals surface area contributed by atoms with Crippen LogP contribution in [-0.2, 0) is 4.79 Å². The molecule has 0 saturated carbocycles. The molecule has 1 amide bonds. The first-order valence-electron chi connectivity index (χ1n) is 2.68. The van der Waals surface area contributed by atoms with E-state index in [-0.39, 0.29) is 5.54 Å². The van der Waals surface area contributed by atoms with E-state index in [2.05, 4.69) is 5.32 Å². The maximum atomic E-state index is 10.4. The molecule has 0 fully saturated rings. The van der Waals surface area contributed by atoms with E-state index < -0.39 is 5.91 Å². The van der Waals surface area contributed by atoms with Gasteiger partial charge in [-0.1, -0.05) is 0 Å². The SMILES string of the molecule is CC(C)(C)NC(=O)C#N. The Morgan fingerprint density at radius 2 is 2.00 bits per heavy atom. The molecule has 0 heterocycles. The Kier molecular flexibility index (Phi) is 2.20. The summed E-state index contributed by atoms with van der Waals surface area (Å²) in [5.74, 6) is -0.581. The first-order valence-corrected chi connectivity index (χ1v) is 2.68. The Bertz CT molecular complexity index is 149. The average Bonchev–Trinajstić information content (AvgIpc) is 1.62. The van der Waals surface area contributed by atoms with E-state index in [1.807, 2.05) is 20.8 Å². The lowest BCUT2D eigenvalue weighted by molar-refractivity contribution is -0.117. The molecule has 0 aromatic carbocycles. The highest BCUT2D eigenvalue weighted by molar-refractivity contribution is 5.91. The highest BCUT2D eigenvalue weighted by atomic mass is 16.1. The monoisotopic (exact) mass is 126 g/mol. The van der Waals surface area contributed by atoms with E-state index >= 15 is 0 Å². The van der Waals surface area contributed by atoms with Crippen molar-refractivity contribution in [3.63, 3.8) is 0 Å². The molecule has 3 nitrogen and oxygen atoms in total. The number of amides is 1. The molecule has 0 atom stereocenters. The minimum atomic E-state index is -0.581. The van der Waals surface area contributed by atoms with E-state index in [1.165, 1.54) is 6.07 Å². The summed E-state index contributed by atoms with van der Waals surface area (Å²) in [6, 6.07) is 1.47. The Balaban J connectivity index is 3.78. The van der Waals surface area contributed by atoms with Crippen LogP contribution in [0.25, 0.3) is 0 Å². The summed E-state index contributed by atoms with van der Waals surface area (Å²) in [6.07, 6.45) is 0. The Morgan fingerprint density at radius 3 is 2.11 bits per heavy atom. The van der Waals surface area contributed by atoms with Gasteiger partial charge in [-0.25, -0.2) is 0 Å². The zero-order chi connectivity index (χ0) is 7.49. The second-order valence-electron chi connectivity index (χ2n) is 2.82. The van der Waals surface area contributed by atoms with Gasteiger partial charge in [0.05, 0.1) is 0 Å². The molecule has 0 saturated heterocycles. The summed E-state index contributed by atoms with van der Waals surface area (Å²) >= 11 is 0. The minimum absolute atomic E-state index is 0.299. The first kappa shape index (κ1) is 7.96. The fourth-order valence-electron chi connectivity index (χ4n) is 0.369. The van der Waals surface area contributed by atoms with Crippen molar-refractivity contribution in [2.24, 2.45) is 0 Å². The van der Waals surface area contributed by atoms with Crippen LogP contribution in [-0.4, -0.2) is 11.4 Å². The fourth-order valence-corrected chi connectivity index (χ4v) is 0.369. The lowest BCUT2D eigenvalue weighted by atomic mass is 10.1. The molecule has 50 valence electrons. The van der Waals surface area contributed by atoms with Gasteiger partial charge in [0.2, 0.25) is 0 Å². The molecule has 0 bridgehead atoms. The highest BCUT2D eigenvalue weighted by Gasteiger charge is 2.11. The molecule has 9 heavy (non-hydrogen) atoms. The number of nitrogens with one attached hydrogen (secondary N) is 1.